The van der Waals surface area contributed by atoms with Gasteiger partial charge in [0.05, 0.1) is 11.1 Å². The molecule has 21 heavy (non-hydrogen) atoms. The van der Waals surface area contributed by atoms with E-state index in [2.05, 4.69) is 15.9 Å². The first-order chi connectivity index (χ1) is 9.95. The Morgan fingerprint density at radius 3 is 2.67 bits per heavy atom. The molecule has 106 valence electrons. The van der Waals surface area contributed by atoms with Crippen LogP contribution in [0.3, 0.4) is 0 Å². The second-order valence-corrected chi connectivity index (χ2v) is 5.46. The first-order valence-corrected chi connectivity index (χ1v) is 6.95. The van der Waals surface area contributed by atoms with Crippen molar-refractivity contribution in [3.63, 3.8) is 0 Å². The maximum atomic E-state index is 14.0. The molecule has 0 radical (unpaired) electrons. The van der Waals surface area contributed by atoms with E-state index in [4.69, 9.17) is 11.6 Å². The van der Waals surface area contributed by atoms with Crippen molar-refractivity contribution in [3.05, 3.63) is 68.7 Å². The molecule has 0 bridgehead atoms. The van der Waals surface area contributed by atoms with Crippen LogP contribution < -0.4 is 0 Å². The van der Waals surface area contributed by atoms with E-state index in [9.17, 15) is 18.8 Å². The highest BCUT2D eigenvalue weighted by atomic mass is 79.9. The molecule has 0 spiro atoms. The molecule has 0 aromatic heterocycles. The number of benzene rings is 2. The van der Waals surface area contributed by atoms with E-state index in [1.54, 1.807) is 6.07 Å². The summed E-state index contributed by atoms with van der Waals surface area (Å²) in [6.45, 7) is 0. The van der Waals surface area contributed by atoms with Crippen LogP contribution in [-0.4, -0.2) is 5.78 Å². The Hall–Kier alpha value is -1.77. The first-order valence-electron chi connectivity index (χ1n) is 5.78. The smallest absolute Gasteiger partial charge is 0.185 e. The first kappa shape index (κ1) is 15.6. The number of hydrogen-bond acceptors (Lipinski definition) is 2. The summed E-state index contributed by atoms with van der Waals surface area (Å²) in [5.74, 6) is -3.55. The molecular formula is C15H7BrClF2NO. The van der Waals surface area contributed by atoms with Crippen LogP contribution in [0.5, 0.6) is 0 Å². The van der Waals surface area contributed by atoms with Crippen LogP contribution in [0.15, 0.2) is 40.9 Å². The molecule has 0 aliphatic rings. The minimum Gasteiger partial charge on any atom is -0.292 e. The van der Waals surface area contributed by atoms with Crippen molar-refractivity contribution in [3.8, 4) is 6.07 Å². The van der Waals surface area contributed by atoms with Crippen LogP contribution in [0.2, 0.25) is 5.02 Å². The van der Waals surface area contributed by atoms with Gasteiger partial charge >= 0.3 is 0 Å². The summed E-state index contributed by atoms with van der Waals surface area (Å²) in [7, 11) is 0. The maximum absolute atomic E-state index is 14.0. The molecule has 0 heterocycles. The van der Waals surface area contributed by atoms with Gasteiger partial charge in [-0.3, -0.25) is 4.79 Å². The molecule has 0 saturated carbocycles. The van der Waals surface area contributed by atoms with Gasteiger partial charge in [-0.05, 0) is 24.3 Å². The molecule has 0 aliphatic carbocycles. The highest BCUT2D eigenvalue weighted by Crippen LogP contribution is 2.29. The molecular weight excluding hydrogens is 364 g/mol. The molecule has 2 aromatic carbocycles. The van der Waals surface area contributed by atoms with Crippen molar-refractivity contribution in [2.75, 3.05) is 0 Å². The molecule has 2 aromatic rings. The summed E-state index contributed by atoms with van der Waals surface area (Å²) < 4.78 is 27.6. The average Bonchev–Trinajstić information content (AvgIpc) is 2.46. The molecule has 0 saturated heterocycles. The minimum atomic E-state index is -1.40. The number of halogens is 4. The predicted molar refractivity (Wildman–Crippen MR) is 78.2 cm³/mol. The Kier molecular flexibility index (Phi) is 4.71. The summed E-state index contributed by atoms with van der Waals surface area (Å²) >= 11 is 8.77. The molecule has 2 nitrogen and oxygen atoms in total. The number of hydrogen-bond donors (Lipinski definition) is 0. The number of carbonyl (C=O) groups is 1. The lowest BCUT2D eigenvalue weighted by Gasteiger charge is -2.11. The van der Waals surface area contributed by atoms with E-state index >= 15 is 0 Å². The number of carbonyl (C=O) groups excluding carboxylic acids is 1. The lowest BCUT2D eigenvalue weighted by Crippen LogP contribution is -2.14. The Morgan fingerprint density at radius 1 is 1.29 bits per heavy atom. The highest BCUT2D eigenvalue weighted by molar-refractivity contribution is 9.10. The van der Waals surface area contributed by atoms with Crippen molar-refractivity contribution in [1.29, 1.82) is 5.26 Å². The molecule has 0 fully saturated rings. The van der Waals surface area contributed by atoms with Crippen molar-refractivity contribution in [2.45, 2.75) is 5.92 Å². The van der Waals surface area contributed by atoms with Gasteiger partial charge in [-0.25, -0.2) is 8.78 Å². The summed E-state index contributed by atoms with van der Waals surface area (Å²) in [5.41, 5.74) is -0.160. The van der Waals surface area contributed by atoms with Gasteiger partial charge in [0, 0.05) is 15.6 Å². The van der Waals surface area contributed by atoms with Gasteiger partial charge in [0.2, 0.25) is 0 Å². The molecule has 6 heteroatoms. The van der Waals surface area contributed by atoms with E-state index in [0.29, 0.717) is 4.47 Å². The number of Topliss-reactive ketones (excluding diaryl/α,β-unsaturated/α-hetero) is 1. The van der Waals surface area contributed by atoms with E-state index in [0.717, 1.165) is 6.07 Å². The molecule has 1 unspecified atom stereocenters. The van der Waals surface area contributed by atoms with Crippen molar-refractivity contribution in [1.82, 2.24) is 0 Å². The van der Waals surface area contributed by atoms with Gasteiger partial charge < -0.3 is 0 Å². The fraction of sp³-hybridized carbons (Fsp3) is 0.0667. The van der Waals surface area contributed by atoms with E-state index < -0.39 is 23.3 Å². The zero-order chi connectivity index (χ0) is 15.6. The topological polar surface area (TPSA) is 40.9 Å². The molecule has 2 rings (SSSR count). The molecule has 1 atom stereocenters. The Labute approximate surface area is 133 Å². The summed E-state index contributed by atoms with van der Waals surface area (Å²) in [6, 6.07) is 9.33. The maximum Gasteiger partial charge on any atom is 0.185 e. The van der Waals surface area contributed by atoms with E-state index in [1.165, 1.54) is 30.3 Å². The normalized spacial score (nSPS) is 11.8. The Morgan fingerprint density at radius 2 is 2.00 bits per heavy atom. The van der Waals surface area contributed by atoms with Crippen LogP contribution in [0.25, 0.3) is 0 Å². The van der Waals surface area contributed by atoms with Gasteiger partial charge in [0.1, 0.15) is 17.6 Å². The number of nitriles is 1. The average molecular weight is 371 g/mol. The Bertz CT molecular complexity index is 758. The second-order valence-electron chi connectivity index (χ2n) is 4.19. The zero-order valence-electron chi connectivity index (χ0n) is 10.4. The van der Waals surface area contributed by atoms with Crippen molar-refractivity contribution in [2.24, 2.45) is 0 Å². The van der Waals surface area contributed by atoms with Crippen molar-refractivity contribution >= 4 is 33.3 Å². The minimum absolute atomic E-state index is 0.0269. The zero-order valence-corrected chi connectivity index (χ0v) is 12.8. The third-order valence-corrected chi connectivity index (χ3v) is 3.86. The standard InChI is InChI=1S/C15H7BrClF2NO/c16-12-5-4-8(18)6-10(12)15(21)11(7-20)9-2-1-3-13(17)14(9)19/h1-6,11H. The number of ketones is 1. The van der Waals surface area contributed by atoms with Gasteiger partial charge in [-0.2, -0.15) is 5.26 Å². The lowest BCUT2D eigenvalue weighted by atomic mass is 9.91. The predicted octanol–water partition coefficient (Wildman–Crippen LogP) is 4.87. The number of nitrogens with zero attached hydrogens (tertiary/aromatic N) is 1. The summed E-state index contributed by atoms with van der Waals surface area (Å²) in [4.78, 5) is 12.4. The fourth-order valence-electron chi connectivity index (χ4n) is 1.85. The van der Waals surface area contributed by atoms with Crippen LogP contribution >= 0.6 is 27.5 Å². The van der Waals surface area contributed by atoms with Gasteiger partial charge in [-0.1, -0.05) is 39.7 Å². The highest BCUT2D eigenvalue weighted by Gasteiger charge is 2.27. The monoisotopic (exact) mass is 369 g/mol. The third-order valence-electron chi connectivity index (χ3n) is 2.88. The summed E-state index contributed by atoms with van der Waals surface area (Å²) in [6.07, 6.45) is 0. The van der Waals surface area contributed by atoms with Crippen LogP contribution in [0.4, 0.5) is 8.78 Å². The van der Waals surface area contributed by atoms with Crippen LogP contribution in [0, 0.1) is 23.0 Å². The van der Waals surface area contributed by atoms with Gasteiger partial charge in [-0.15, -0.1) is 0 Å². The third kappa shape index (κ3) is 3.12. The van der Waals surface area contributed by atoms with E-state index in [-0.39, 0.29) is 16.1 Å². The lowest BCUT2D eigenvalue weighted by molar-refractivity contribution is 0.0976. The quantitative estimate of drug-likeness (QED) is 0.723. The molecule has 0 amide bonds. The largest absolute Gasteiger partial charge is 0.292 e. The Balaban J connectivity index is 2.52. The summed E-state index contributed by atoms with van der Waals surface area (Å²) in [5, 5.41) is 9.02. The van der Waals surface area contributed by atoms with Crippen LogP contribution in [0.1, 0.15) is 21.8 Å². The molecule has 0 N–H and O–H groups in total. The number of rotatable bonds is 3. The SMILES string of the molecule is N#CC(C(=O)c1cc(F)ccc1Br)c1cccc(Cl)c1F. The van der Waals surface area contributed by atoms with Crippen LogP contribution in [-0.2, 0) is 0 Å². The van der Waals surface area contributed by atoms with Crippen molar-refractivity contribution < 1.29 is 13.6 Å². The van der Waals surface area contributed by atoms with E-state index in [1.807, 2.05) is 0 Å². The fourth-order valence-corrected chi connectivity index (χ4v) is 2.48. The van der Waals surface area contributed by atoms with Gasteiger partial charge in [0.15, 0.2) is 5.78 Å². The second kappa shape index (κ2) is 6.33. The molecule has 0 aliphatic heterocycles. The van der Waals surface area contributed by atoms with Gasteiger partial charge in [0.25, 0.3) is 0 Å².